The lowest BCUT2D eigenvalue weighted by Crippen LogP contribution is -2.59. The van der Waals surface area contributed by atoms with Gasteiger partial charge in [0.25, 0.3) is 0 Å². The van der Waals surface area contributed by atoms with E-state index in [2.05, 4.69) is 5.10 Å². The van der Waals surface area contributed by atoms with Crippen molar-refractivity contribution in [2.75, 3.05) is 28.3 Å². The van der Waals surface area contributed by atoms with E-state index in [4.69, 9.17) is 28.8 Å². The summed E-state index contributed by atoms with van der Waals surface area (Å²) in [5.74, 6) is -1.64. The average Bonchev–Trinajstić information content (AvgIpc) is 3.09. The highest BCUT2D eigenvalue weighted by Gasteiger charge is 2.50. The van der Waals surface area contributed by atoms with Crippen LogP contribution in [-0.4, -0.2) is 120 Å². The molecule has 0 spiro atoms. The second-order valence-corrected chi connectivity index (χ2v) is 15.6. The molecule has 3 rings (SSSR count). The summed E-state index contributed by atoms with van der Waals surface area (Å²) in [5, 5.41) is 44.5. The average molecular weight is 720 g/mol. The number of benzene rings is 1. The number of hydrogen-bond acceptors (Lipinski definition) is 12. The van der Waals surface area contributed by atoms with Crippen molar-refractivity contribution in [3.63, 3.8) is 0 Å². The zero-order valence-electron chi connectivity index (χ0n) is 33.1. The highest BCUT2D eigenvalue weighted by atomic mass is 16.7. The number of hydrogen-bond donors (Lipinski definition) is 3. The Bertz CT molecular complexity index is 1340. The third-order valence-electron chi connectivity index (χ3n) is 11.1. The van der Waals surface area contributed by atoms with Crippen LogP contribution < -0.4 is 4.74 Å². The summed E-state index contributed by atoms with van der Waals surface area (Å²) >= 11 is 0. The molecule has 12 nitrogen and oxygen atoms in total. The Hall–Kier alpha value is -2.45. The minimum absolute atomic E-state index is 0.159. The largest absolute Gasteiger partial charge is 0.497 e. The van der Waals surface area contributed by atoms with E-state index in [0.717, 1.165) is 11.3 Å². The van der Waals surface area contributed by atoms with Gasteiger partial charge in [-0.15, -0.1) is 0 Å². The lowest BCUT2D eigenvalue weighted by molar-refractivity contribution is -0.297. The van der Waals surface area contributed by atoms with Crippen LogP contribution in [0.3, 0.4) is 0 Å². The van der Waals surface area contributed by atoms with Gasteiger partial charge in [-0.25, -0.2) is 0 Å². The number of rotatable bonds is 8. The number of likely N-dealkylation sites (N-methyl/N-ethyl adjacent to an activating group) is 1. The highest BCUT2D eigenvalue weighted by Crippen LogP contribution is 2.39. The number of methoxy groups -OCH3 is 2. The maximum absolute atomic E-state index is 13.6. The first-order valence-electron chi connectivity index (χ1n) is 18.4. The number of carbonyl (C=O) groups excluding carboxylic acids is 1. The predicted molar refractivity (Wildman–Crippen MR) is 198 cm³/mol. The molecule has 2 heterocycles. The van der Waals surface area contributed by atoms with Gasteiger partial charge in [0.1, 0.15) is 23.6 Å². The Kier molecular flexibility index (Phi) is 15.2. The number of carbonyl (C=O) groups is 1. The van der Waals surface area contributed by atoms with Crippen molar-refractivity contribution >= 4 is 17.4 Å². The number of esters is 1. The first-order chi connectivity index (χ1) is 23.8. The van der Waals surface area contributed by atoms with Gasteiger partial charge in [0.05, 0.1) is 42.7 Å². The molecule has 0 aliphatic carbocycles. The molecule has 51 heavy (non-hydrogen) atoms. The normalized spacial score (nSPS) is 40.2. The zero-order chi connectivity index (χ0) is 38.4. The van der Waals surface area contributed by atoms with Crippen molar-refractivity contribution in [2.45, 2.75) is 142 Å². The molecule has 13 atom stereocenters. The molecule has 12 heteroatoms. The van der Waals surface area contributed by atoms with Crippen LogP contribution in [0.25, 0.3) is 0 Å². The Morgan fingerprint density at radius 2 is 1.65 bits per heavy atom. The fraction of sp³-hybridized carbons (Fsp3) is 0.769. The van der Waals surface area contributed by atoms with Crippen molar-refractivity contribution in [1.82, 2.24) is 4.90 Å². The molecule has 0 aromatic heterocycles. The minimum Gasteiger partial charge on any atom is -0.497 e. The Labute approximate surface area is 305 Å². The van der Waals surface area contributed by atoms with Crippen molar-refractivity contribution in [2.24, 2.45) is 33.9 Å². The molecule has 0 radical (unpaired) electrons. The van der Waals surface area contributed by atoms with Crippen LogP contribution in [0.4, 0.5) is 0 Å². The summed E-state index contributed by atoms with van der Waals surface area (Å²) in [4.78, 5) is 15.6. The summed E-state index contributed by atoms with van der Waals surface area (Å²) < 4.78 is 30.6. The standard InChI is InChI=1S/C39H65N3O9/c1-14-31-39(9,46)34(44)26(6)32(41-40-27(7)28-15-17-29(47-12)18-16-28)24(4)21-38(8,48-13)35(22(2)19-23(3)36(45)50-31)51-37-33(43)30(42(10)11)20-25(5)49-37/h15-18,22-26,30-31,33-35,37,43-44,46H,14,19-21H2,1-13H3/b40-27+,41-32+/t22-,23+,24+,25?,26-,30?,31+,33?,34+,35+,37?,38+,39+/m0/s1. The van der Waals surface area contributed by atoms with Crippen molar-refractivity contribution in [3.8, 4) is 5.75 Å². The van der Waals surface area contributed by atoms with E-state index >= 15 is 0 Å². The van der Waals surface area contributed by atoms with E-state index in [1.165, 1.54) is 6.92 Å². The Morgan fingerprint density at radius 3 is 2.20 bits per heavy atom. The van der Waals surface area contributed by atoms with Gasteiger partial charge in [-0.2, -0.15) is 10.2 Å². The monoisotopic (exact) mass is 719 g/mol. The van der Waals surface area contributed by atoms with Gasteiger partial charge in [-0.05, 0) is 109 Å². The topological polar surface area (TPSA) is 152 Å². The summed E-state index contributed by atoms with van der Waals surface area (Å²) in [6, 6.07) is 7.31. The van der Waals surface area contributed by atoms with Crippen LogP contribution in [0.2, 0.25) is 0 Å². The van der Waals surface area contributed by atoms with Gasteiger partial charge in [0.2, 0.25) is 0 Å². The molecule has 1 aromatic carbocycles. The summed E-state index contributed by atoms with van der Waals surface area (Å²) in [6.07, 6.45) is -3.32. The number of cyclic esters (lactones) is 1. The molecule has 4 unspecified atom stereocenters. The van der Waals surface area contributed by atoms with Gasteiger partial charge in [-0.3, -0.25) is 4.79 Å². The van der Waals surface area contributed by atoms with E-state index < -0.39 is 59.7 Å². The number of aliphatic hydroxyl groups excluding tert-OH is 2. The van der Waals surface area contributed by atoms with Crippen molar-refractivity contribution in [3.05, 3.63) is 29.8 Å². The SMILES string of the molecule is CC[C@H]1OC(=O)[C@H](C)C[C@H](C)[C@@H](OC2OC(C)CC(N(C)C)C2O)[C@](C)(OC)C[C@@H](C)/C(=N\N=C(/C)c2ccc(OC)cc2)[C@H](C)[C@@H](O)[C@]1(C)O. The molecule has 1 aromatic rings. The Morgan fingerprint density at radius 1 is 1.02 bits per heavy atom. The molecule has 2 aliphatic rings. The van der Waals surface area contributed by atoms with Crippen molar-refractivity contribution in [1.29, 1.82) is 0 Å². The van der Waals surface area contributed by atoms with Crippen LogP contribution in [0.5, 0.6) is 5.75 Å². The van der Waals surface area contributed by atoms with Gasteiger partial charge in [0, 0.05) is 24.8 Å². The number of nitrogens with zero attached hydrogens (tertiary/aromatic N) is 3. The fourth-order valence-electron chi connectivity index (χ4n) is 7.88. The molecule has 0 saturated carbocycles. The third kappa shape index (κ3) is 10.2. The van der Waals surface area contributed by atoms with Gasteiger partial charge >= 0.3 is 5.97 Å². The molecular formula is C39H65N3O9. The minimum atomic E-state index is -1.79. The molecule has 2 saturated heterocycles. The maximum Gasteiger partial charge on any atom is 0.309 e. The summed E-state index contributed by atoms with van der Waals surface area (Å²) in [6.45, 7) is 16.7. The van der Waals surface area contributed by atoms with Crippen LogP contribution in [0.1, 0.15) is 93.6 Å². The molecule has 2 fully saturated rings. The third-order valence-corrected chi connectivity index (χ3v) is 11.1. The highest BCUT2D eigenvalue weighted by molar-refractivity contribution is 5.99. The summed E-state index contributed by atoms with van der Waals surface area (Å²) in [7, 11) is 7.09. The van der Waals surface area contributed by atoms with Gasteiger partial charge < -0.3 is 43.9 Å². The quantitative estimate of drug-likeness (QED) is 0.193. The van der Waals surface area contributed by atoms with E-state index in [0.29, 0.717) is 30.7 Å². The Balaban J connectivity index is 2.17. The second-order valence-electron chi connectivity index (χ2n) is 15.6. The van der Waals surface area contributed by atoms with E-state index in [1.807, 2.05) is 84.8 Å². The molecule has 0 bridgehead atoms. The van der Waals surface area contributed by atoms with Crippen LogP contribution in [0, 0.1) is 23.7 Å². The first-order valence-corrected chi connectivity index (χ1v) is 18.4. The maximum atomic E-state index is 13.6. The lowest BCUT2D eigenvalue weighted by Gasteiger charge is -2.47. The molecule has 0 amide bonds. The predicted octanol–water partition coefficient (Wildman–Crippen LogP) is 4.85. The van der Waals surface area contributed by atoms with E-state index in [9.17, 15) is 20.1 Å². The van der Waals surface area contributed by atoms with Crippen LogP contribution in [0.15, 0.2) is 34.5 Å². The molecular weight excluding hydrogens is 654 g/mol. The zero-order valence-corrected chi connectivity index (χ0v) is 33.1. The number of ether oxygens (including phenoxy) is 5. The van der Waals surface area contributed by atoms with E-state index in [1.54, 1.807) is 28.1 Å². The first kappa shape index (κ1) is 43.0. The van der Waals surface area contributed by atoms with Gasteiger partial charge in [0.15, 0.2) is 6.29 Å². The van der Waals surface area contributed by atoms with Crippen molar-refractivity contribution < 1.29 is 43.8 Å². The fourth-order valence-corrected chi connectivity index (χ4v) is 7.88. The lowest BCUT2D eigenvalue weighted by atomic mass is 9.74. The van der Waals surface area contributed by atoms with Gasteiger partial charge in [-0.1, -0.05) is 34.6 Å². The second kappa shape index (κ2) is 18.1. The van der Waals surface area contributed by atoms with Crippen LogP contribution >= 0.6 is 0 Å². The molecule has 290 valence electrons. The van der Waals surface area contributed by atoms with Crippen LogP contribution in [-0.2, 0) is 23.7 Å². The smallest absolute Gasteiger partial charge is 0.309 e. The summed E-state index contributed by atoms with van der Waals surface area (Å²) in [5.41, 5.74) is -0.748. The number of aliphatic hydroxyl groups is 3. The molecule has 2 aliphatic heterocycles. The van der Waals surface area contributed by atoms with E-state index in [-0.39, 0.29) is 30.4 Å². The molecule has 3 N–H and O–H groups in total.